The van der Waals surface area contributed by atoms with Crippen molar-refractivity contribution in [2.24, 2.45) is 0 Å². The lowest BCUT2D eigenvalue weighted by Gasteiger charge is -2.07. The number of aromatic nitrogens is 2. The highest BCUT2D eigenvalue weighted by Gasteiger charge is 2.06. The van der Waals surface area contributed by atoms with Crippen molar-refractivity contribution in [2.45, 2.75) is 6.42 Å². The molecule has 0 unspecified atom stereocenters. The number of H-pyrrole nitrogens is 1. The Labute approximate surface area is 93.5 Å². The molecular weight excluding hydrogens is 202 g/mol. The summed E-state index contributed by atoms with van der Waals surface area (Å²) in [7, 11) is 1.60. The van der Waals surface area contributed by atoms with Crippen molar-refractivity contribution in [3.8, 4) is 22.9 Å². The largest absolute Gasteiger partial charge is 0.496 e. The van der Waals surface area contributed by atoms with Crippen LogP contribution in [-0.2, 0) is 6.42 Å². The topological polar surface area (TPSA) is 61.7 Å². The van der Waals surface area contributed by atoms with Gasteiger partial charge in [0.2, 0.25) is 0 Å². The summed E-state index contributed by atoms with van der Waals surface area (Å²) in [6.45, 7) is 0. The van der Waals surface area contributed by atoms with Crippen LogP contribution in [0, 0.1) is 11.3 Å². The second-order valence-corrected chi connectivity index (χ2v) is 3.35. The maximum atomic E-state index is 8.74. The summed E-state index contributed by atoms with van der Waals surface area (Å²) in [5, 5.41) is 15.4. The van der Waals surface area contributed by atoms with E-state index in [-0.39, 0.29) is 0 Å². The molecule has 0 aliphatic carbocycles. The maximum Gasteiger partial charge on any atom is 0.123 e. The lowest BCUT2D eigenvalue weighted by molar-refractivity contribution is 0.411. The van der Waals surface area contributed by atoms with E-state index < -0.39 is 0 Å². The molecule has 0 saturated heterocycles. The molecule has 2 aromatic rings. The van der Waals surface area contributed by atoms with E-state index in [1.54, 1.807) is 13.3 Å². The van der Waals surface area contributed by atoms with Crippen molar-refractivity contribution in [2.75, 3.05) is 7.11 Å². The van der Waals surface area contributed by atoms with Gasteiger partial charge in [-0.1, -0.05) is 6.07 Å². The van der Waals surface area contributed by atoms with E-state index in [1.165, 1.54) is 0 Å². The zero-order valence-electron chi connectivity index (χ0n) is 8.90. The van der Waals surface area contributed by atoms with Crippen LogP contribution in [0.5, 0.6) is 5.75 Å². The number of aromatic amines is 1. The predicted molar refractivity (Wildman–Crippen MR) is 59.9 cm³/mol. The van der Waals surface area contributed by atoms with E-state index in [1.807, 2.05) is 24.4 Å². The summed E-state index contributed by atoms with van der Waals surface area (Å²) >= 11 is 0. The van der Waals surface area contributed by atoms with Gasteiger partial charge in [0.1, 0.15) is 5.75 Å². The van der Waals surface area contributed by atoms with Gasteiger partial charge in [0.05, 0.1) is 25.8 Å². The monoisotopic (exact) mass is 213 g/mol. The minimum atomic E-state index is 0.342. The molecule has 80 valence electrons. The molecule has 1 aromatic heterocycles. The Hall–Kier alpha value is -2.28. The van der Waals surface area contributed by atoms with Crippen molar-refractivity contribution in [1.29, 1.82) is 5.26 Å². The summed E-state index contributed by atoms with van der Waals surface area (Å²) in [5.74, 6) is 0.744. The summed E-state index contributed by atoms with van der Waals surface area (Å²) in [5.41, 5.74) is 2.92. The molecule has 0 saturated carbocycles. The van der Waals surface area contributed by atoms with Crippen molar-refractivity contribution in [3.05, 3.63) is 36.2 Å². The maximum absolute atomic E-state index is 8.74. The number of ether oxygens (including phenoxy) is 1. The molecule has 0 spiro atoms. The van der Waals surface area contributed by atoms with E-state index in [2.05, 4.69) is 16.3 Å². The van der Waals surface area contributed by atoms with E-state index in [0.717, 1.165) is 22.4 Å². The van der Waals surface area contributed by atoms with Crippen molar-refractivity contribution < 1.29 is 4.74 Å². The molecular formula is C12H11N3O. The second-order valence-electron chi connectivity index (χ2n) is 3.35. The van der Waals surface area contributed by atoms with E-state index in [4.69, 9.17) is 10.00 Å². The minimum absolute atomic E-state index is 0.342. The van der Waals surface area contributed by atoms with Gasteiger partial charge in [-0.05, 0) is 17.7 Å². The van der Waals surface area contributed by atoms with Crippen LogP contribution in [0.15, 0.2) is 30.6 Å². The summed E-state index contributed by atoms with van der Waals surface area (Å²) in [6.07, 6.45) is 3.91. The molecule has 1 aromatic carbocycles. The third-order valence-corrected chi connectivity index (χ3v) is 2.38. The lowest BCUT2D eigenvalue weighted by atomic mass is 10.0. The highest BCUT2D eigenvalue weighted by molar-refractivity contribution is 5.64. The first-order valence-corrected chi connectivity index (χ1v) is 4.88. The van der Waals surface area contributed by atoms with Gasteiger partial charge in [-0.2, -0.15) is 10.4 Å². The van der Waals surface area contributed by atoms with Gasteiger partial charge in [-0.3, -0.25) is 5.10 Å². The van der Waals surface area contributed by atoms with Gasteiger partial charge >= 0.3 is 0 Å². The zero-order chi connectivity index (χ0) is 11.4. The molecule has 2 rings (SSSR count). The Morgan fingerprint density at radius 3 is 2.94 bits per heavy atom. The van der Waals surface area contributed by atoms with Gasteiger partial charge in [-0.25, -0.2) is 0 Å². The molecule has 1 heterocycles. The summed E-state index contributed by atoms with van der Waals surface area (Å²) in [6, 6.07) is 7.90. The first-order valence-electron chi connectivity index (χ1n) is 4.88. The average molecular weight is 213 g/mol. The summed E-state index contributed by atoms with van der Waals surface area (Å²) in [4.78, 5) is 0. The quantitative estimate of drug-likeness (QED) is 0.849. The molecule has 0 fully saturated rings. The van der Waals surface area contributed by atoms with Gasteiger partial charge in [-0.15, -0.1) is 0 Å². The Morgan fingerprint density at radius 2 is 2.31 bits per heavy atom. The minimum Gasteiger partial charge on any atom is -0.496 e. The van der Waals surface area contributed by atoms with Gasteiger partial charge in [0.25, 0.3) is 0 Å². The fourth-order valence-electron chi connectivity index (χ4n) is 1.59. The van der Waals surface area contributed by atoms with E-state index >= 15 is 0 Å². The van der Waals surface area contributed by atoms with Gasteiger partial charge in [0.15, 0.2) is 0 Å². The van der Waals surface area contributed by atoms with Crippen LogP contribution in [0.3, 0.4) is 0 Å². The molecule has 4 heteroatoms. The third kappa shape index (κ3) is 1.89. The number of hydrogen-bond donors (Lipinski definition) is 1. The average Bonchev–Trinajstić information content (AvgIpc) is 2.83. The van der Waals surface area contributed by atoms with Crippen LogP contribution >= 0.6 is 0 Å². The van der Waals surface area contributed by atoms with Crippen molar-refractivity contribution >= 4 is 0 Å². The molecule has 1 N–H and O–H groups in total. The Bertz CT molecular complexity index is 512. The first kappa shape index (κ1) is 10.2. The highest BCUT2D eigenvalue weighted by Crippen LogP contribution is 2.26. The van der Waals surface area contributed by atoms with Gasteiger partial charge in [0, 0.05) is 17.3 Å². The molecule has 0 bridgehead atoms. The fraction of sp³-hybridized carbons (Fsp3) is 0.167. The van der Waals surface area contributed by atoms with Crippen LogP contribution < -0.4 is 4.74 Å². The normalized spacial score (nSPS) is 9.75. The number of nitrogens with zero attached hydrogens (tertiary/aromatic N) is 2. The zero-order valence-corrected chi connectivity index (χ0v) is 8.90. The van der Waals surface area contributed by atoms with Crippen LogP contribution in [0.2, 0.25) is 0 Å². The molecule has 0 aliphatic rings. The molecule has 0 aliphatic heterocycles. The third-order valence-electron chi connectivity index (χ3n) is 2.38. The number of methoxy groups -OCH3 is 1. The van der Waals surface area contributed by atoms with E-state index in [9.17, 15) is 0 Å². The lowest BCUT2D eigenvalue weighted by Crippen LogP contribution is -1.91. The number of hydrogen-bond acceptors (Lipinski definition) is 3. The number of benzene rings is 1. The van der Waals surface area contributed by atoms with E-state index in [0.29, 0.717) is 6.42 Å². The fourth-order valence-corrected chi connectivity index (χ4v) is 1.59. The predicted octanol–water partition coefficient (Wildman–Crippen LogP) is 2.15. The Morgan fingerprint density at radius 1 is 1.44 bits per heavy atom. The van der Waals surface area contributed by atoms with Crippen LogP contribution in [0.4, 0.5) is 0 Å². The standard InChI is InChI=1S/C12H11N3O/c1-16-12-3-2-9(6-10(12)4-5-13)11-7-14-15-8-11/h2-3,6-8H,4H2,1H3,(H,14,15). The second kappa shape index (κ2) is 4.49. The van der Waals surface area contributed by atoms with Crippen LogP contribution in [0.1, 0.15) is 5.56 Å². The number of nitriles is 1. The first-order chi connectivity index (χ1) is 7.85. The molecule has 4 nitrogen and oxygen atoms in total. The summed E-state index contributed by atoms with van der Waals surface area (Å²) < 4.78 is 5.20. The Kier molecular flexibility index (Phi) is 2.88. The molecule has 0 amide bonds. The van der Waals surface area contributed by atoms with Crippen LogP contribution in [0.25, 0.3) is 11.1 Å². The Balaban J connectivity index is 2.43. The highest BCUT2D eigenvalue weighted by atomic mass is 16.5. The van der Waals surface area contributed by atoms with Crippen LogP contribution in [-0.4, -0.2) is 17.3 Å². The van der Waals surface area contributed by atoms with Crippen molar-refractivity contribution in [3.63, 3.8) is 0 Å². The SMILES string of the molecule is COc1ccc(-c2cn[nH]c2)cc1CC#N. The molecule has 16 heavy (non-hydrogen) atoms. The van der Waals surface area contributed by atoms with Gasteiger partial charge < -0.3 is 4.74 Å². The molecule has 0 radical (unpaired) electrons. The molecule has 0 atom stereocenters. The number of nitrogens with one attached hydrogen (secondary N) is 1. The number of rotatable bonds is 3. The smallest absolute Gasteiger partial charge is 0.123 e. The van der Waals surface area contributed by atoms with Crippen molar-refractivity contribution in [1.82, 2.24) is 10.2 Å².